The summed E-state index contributed by atoms with van der Waals surface area (Å²) in [7, 11) is 0. The molecule has 7 heteroatoms. The van der Waals surface area contributed by atoms with Crippen LogP contribution in [0.25, 0.3) is 0 Å². The lowest BCUT2D eigenvalue weighted by atomic mass is 10.1. The molecule has 0 unspecified atom stereocenters. The first-order valence-corrected chi connectivity index (χ1v) is 10.4. The number of nitrogens with zero attached hydrogens (tertiary/aromatic N) is 1. The van der Waals surface area contributed by atoms with Crippen LogP contribution in [0.3, 0.4) is 0 Å². The zero-order chi connectivity index (χ0) is 20.1. The standard InChI is InChI=1S/C21H22ClNO4S/c1-3-23-20(24)19(28-21(23)25)12-14-9-10-17(18(11-14)26-4-2)27-13-15-7-5-6-8-16(15)22/h5-11,19H,3-4,12-13H2,1-2H3/t19-/m1/s1. The number of carbonyl (C=O) groups is 2. The van der Waals surface area contributed by atoms with Crippen molar-refractivity contribution in [3.8, 4) is 11.5 Å². The van der Waals surface area contributed by atoms with E-state index in [2.05, 4.69) is 0 Å². The molecule has 0 saturated carbocycles. The van der Waals surface area contributed by atoms with Crippen molar-refractivity contribution in [1.82, 2.24) is 4.90 Å². The van der Waals surface area contributed by atoms with Crippen LogP contribution in [-0.2, 0) is 17.8 Å². The number of hydrogen-bond acceptors (Lipinski definition) is 5. The molecular weight excluding hydrogens is 398 g/mol. The Bertz CT molecular complexity index is 873. The van der Waals surface area contributed by atoms with Gasteiger partial charge in [0.05, 0.1) is 11.9 Å². The van der Waals surface area contributed by atoms with Gasteiger partial charge < -0.3 is 9.47 Å². The van der Waals surface area contributed by atoms with Crippen LogP contribution in [0.4, 0.5) is 4.79 Å². The summed E-state index contributed by atoms with van der Waals surface area (Å²) < 4.78 is 11.6. The molecule has 0 radical (unpaired) electrons. The molecule has 28 heavy (non-hydrogen) atoms. The van der Waals surface area contributed by atoms with Crippen LogP contribution in [0.1, 0.15) is 25.0 Å². The summed E-state index contributed by atoms with van der Waals surface area (Å²) in [4.78, 5) is 25.5. The third kappa shape index (κ3) is 4.62. The largest absolute Gasteiger partial charge is 0.490 e. The summed E-state index contributed by atoms with van der Waals surface area (Å²) in [6, 6.07) is 13.1. The predicted octanol–water partition coefficient (Wildman–Crippen LogP) is 4.94. The SMILES string of the molecule is CCOc1cc(C[C@H]2SC(=O)N(CC)C2=O)ccc1OCc1ccccc1Cl. The molecule has 2 amide bonds. The van der Waals surface area contributed by atoms with Crippen molar-refractivity contribution in [2.24, 2.45) is 0 Å². The lowest BCUT2D eigenvalue weighted by molar-refractivity contribution is -0.126. The van der Waals surface area contributed by atoms with E-state index in [1.165, 1.54) is 4.90 Å². The molecule has 0 bridgehead atoms. The first-order chi connectivity index (χ1) is 13.5. The van der Waals surface area contributed by atoms with Gasteiger partial charge in [0.1, 0.15) is 6.61 Å². The molecule has 0 aliphatic carbocycles. The highest BCUT2D eigenvalue weighted by molar-refractivity contribution is 8.15. The zero-order valence-electron chi connectivity index (χ0n) is 15.8. The minimum Gasteiger partial charge on any atom is -0.490 e. The summed E-state index contributed by atoms with van der Waals surface area (Å²) in [6.45, 7) is 4.93. The average molecular weight is 420 g/mol. The van der Waals surface area contributed by atoms with Crippen LogP contribution in [0.2, 0.25) is 5.02 Å². The zero-order valence-corrected chi connectivity index (χ0v) is 17.4. The average Bonchev–Trinajstić information content (AvgIpc) is 2.95. The molecule has 0 spiro atoms. The van der Waals surface area contributed by atoms with Gasteiger partial charge >= 0.3 is 0 Å². The molecule has 1 atom stereocenters. The van der Waals surface area contributed by atoms with Crippen molar-refractivity contribution in [2.75, 3.05) is 13.2 Å². The number of imide groups is 1. The van der Waals surface area contributed by atoms with Crippen molar-refractivity contribution >= 4 is 34.5 Å². The molecule has 1 heterocycles. The van der Waals surface area contributed by atoms with Gasteiger partial charge in [-0.3, -0.25) is 14.5 Å². The Balaban J connectivity index is 1.73. The van der Waals surface area contributed by atoms with E-state index in [0.717, 1.165) is 22.9 Å². The number of ether oxygens (including phenoxy) is 2. The van der Waals surface area contributed by atoms with Crippen molar-refractivity contribution in [3.63, 3.8) is 0 Å². The van der Waals surface area contributed by atoms with Gasteiger partial charge in [-0.25, -0.2) is 0 Å². The fraction of sp³-hybridized carbons (Fsp3) is 0.333. The molecule has 2 aromatic rings. The number of thioether (sulfide) groups is 1. The van der Waals surface area contributed by atoms with E-state index in [-0.39, 0.29) is 11.1 Å². The second kappa shape index (κ2) is 9.34. The van der Waals surface area contributed by atoms with E-state index in [9.17, 15) is 9.59 Å². The number of halogens is 1. The summed E-state index contributed by atoms with van der Waals surface area (Å²) in [5.41, 5.74) is 1.81. The van der Waals surface area contributed by atoms with Crippen LogP contribution in [0.5, 0.6) is 11.5 Å². The van der Waals surface area contributed by atoms with Crippen LogP contribution in [-0.4, -0.2) is 34.4 Å². The maximum atomic E-state index is 12.3. The van der Waals surface area contributed by atoms with Gasteiger partial charge in [-0.2, -0.15) is 0 Å². The van der Waals surface area contributed by atoms with Gasteiger partial charge in [-0.1, -0.05) is 47.6 Å². The highest BCUT2D eigenvalue weighted by Crippen LogP contribution is 2.33. The molecule has 2 aromatic carbocycles. The number of hydrogen-bond donors (Lipinski definition) is 0. The summed E-state index contributed by atoms with van der Waals surface area (Å²) >= 11 is 7.27. The molecule has 5 nitrogen and oxygen atoms in total. The molecule has 1 fully saturated rings. The van der Waals surface area contributed by atoms with Gasteiger partial charge in [0.15, 0.2) is 11.5 Å². The fourth-order valence-corrected chi connectivity index (χ4v) is 4.25. The Kier molecular flexibility index (Phi) is 6.86. The summed E-state index contributed by atoms with van der Waals surface area (Å²) in [5, 5.41) is 0.0815. The third-order valence-corrected chi connectivity index (χ3v) is 5.83. The number of carbonyl (C=O) groups excluding carboxylic acids is 2. The summed E-state index contributed by atoms with van der Waals surface area (Å²) in [6.07, 6.45) is 0.469. The monoisotopic (exact) mass is 419 g/mol. The second-order valence-corrected chi connectivity index (χ2v) is 7.81. The Morgan fingerprint density at radius 1 is 1.07 bits per heavy atom. The second-order valence-electron chi connectivity index (χ2n) is 6.25. The van der Waals surface area contributed by atoms with Crippen molar-refractivity contribution in [1.29, 1.82) is 0 Å². The van der Waals surface area contributed by atoms with E-state index >= 15 is 0 Å². The Morgan fingerprint density at radius 2 is 1.86 bits per heavy atom. The molecule has 3 rings (SSSR count). The normalized spacial score (nSPS) is 16.5. The van der Waals surface area contributed by atoms with Gasteiger partial charge in [-0.05, 0) is 44.0 Å². The number of benzene rings is 2. The van der Waals surface area contributed by atoms with E-state index < -0.39 is 5.25 Å². The molecule has 1 saturated heterocycles. The van der Waals surface area contributed by atoms with Crippen LogP contribution in [0.15, 0.2) is 42.5 Å². The lowest BCUT2D eigenvalue weighted by Crippen LogP contribution is -2.31. The van der Waals surface area contributed by atoms with E-state index in [1.54, 1.807) is 6.92 Å². The van der Waals surface area contributed by atoms with Crippen LogP contribution >= 0.6 is 23.4 Å². The summed E-state index contributed by atoms with van der Waals surface area (Å²) in [5.74, 6) is 1.10. The number of rotatable bonds is 8. The van der Waals surface area contributed by atoms with Gasteiger partial charge in [0.2, 0.25) is 5.91 Å². The third-order valence-electron chi connectivity index (χ3n) is 4.39. The topological polar surface area (TPSA) is 55.8 Å². The van der Waals surface area contributed by atoms with Crippen molar-refractivity contribution in [2.45, 2.75) is 32.1 Å². The van der Waals surface area contributed by atoms with Crippen molar-refractivity contribution < 1.29 is 19.1 Å². The Hall–Kier alpha value is -2.18. The van der Waals surface area contributed by atoms with Gasteiger partial charge in [0, 0.05) is 17.1 Å². The lowest BCUT2D eigenvalue weighted by Gasteiger charge is -2.15. The minimum absolute atomic E-state index is 0.130. The predicted molar refractivity (Wildman–Crippen MR) is 111 cm³/mol. The quantitative estimate of drug-likeness (QED) is 0.606. The highest BCUT2D eigenvalue weighted by Gasteiger charge is 2.38. The maximum absolute atomic E-state index is 12.3. The highest BCUT2D eigenvalue weighted by atomic mass is 35.5. The van der Waals surface area contributed by atoms with Gasteiger partial charge in [-0.15, -0.1) is 0 Å². The minimum atomic E-state index is -0.392. The molecule has 1 aliphatic heterocycles. The molecule has 148 valence electrons. The van der Waals surface area contributed by atoms with Crippen LogP contribution in [0, 0.1) is 0 Å². The van der Waals surface area contributed by atoms with E-state index in [0.29, 0.717) is 42.7 Å². The smallest absolute Gasteiger partial charge is 0.289 e. The Morgan fingerprint density at radius 3 is 2.54 bits per heavy atom. The maximum Gasteiger partial charge on any atom is 0.289 e. The first-order valence-electron chi connectivity index (χ1n) is 9.17. The molecule has 0 N–H and O–H groups in total. The van der Waals surface area contributed by atoms with Crippen LogP contribution < -0.4 is 9.47 Å². The molecular formula is C21H22ClNO4S. The van der Waals surface area contributed by atoms with E-state index in [4.69, 9.17) is 21.1 Å². The Labute approximate surface area is 174 Å². The number of amides is 2. The van der Waals surface area contributed by atoms with Crippen molar-refractivity contribution in [3.05, 3.63) is 58.6 Å². The van der Waals surface area contributed by atoms with E-state index in [1.807, 2.05) is 49.4 Å². The molecule has 1 aliphatic rings. The van der Waals surface area contributed by atoms with Gasteiger partial charge in [0.25, 0.3) is 5.24 Å². The molecule has 0 aromatic heterocycles. The fourth-order valence-electron chi connectivity index (χ4n) is 2.97. The first kappa shape index (κ1) is 20.6.